The molecule has 1 atom stereocenters. The summed E-state index contributed by atoms with van der Waals surface area (Å²) in [6.45, 7) is 2.32. The molecular formula is C11H17NO2. The number of nitrogens with two attached hydrogens (primary N) is 1. The zero-order valence-electron chi connectivity index (χ0n) is 8.37. The molecule has 0 aliphatic carbocycles. The molecule has 0 spiro atoms. The fourth-order valence-corrected chi connectivity index (χ4v) is 2.07. The maximum absolute atomic E-state index is 5.83. The predicted molar refractivity (Wildman–Crippen MR) is 54.0 cm³/mol. The molecule has 0 saturated carbocycles. The quantitative estimate of drug-likeness (QED) is 0.796. The largest absolute Gasteiger partial charge is 0.469 e. The van der Waals surface area contributed by atoms with Crippen molar-refractivity contribution in [3.8, 4) is 0 Å². The van der Waals surface area contributed by atoms with Gasteiger partial charge in [-0.05, 0) is 25.0 Å². The van der Waals surface area contributed by atoms with Gasteiger partial charge in [0.05, 0.1) is 12.9 Å². The predicted octanol–water partition coefficient (Wildman–Crippen LogP) is 1.58. The SMILES string of the molecule is NCC1(Cc2ccco2)CCCOC1. The van der Waals surface area contributed by atoms with Crippen LogP contribution in [0.25, 0.3) is 0 Å². The van der Waals surface area contributed by atoms with E-state index in [-0.39, 0.29) is 5.41 Å². The van der Waals surface area contributed by atoms with E-state index in [2.05, 4.69) is 0 Å². The Morgan fingerprint density at radius 1 is 1.50 bits per heavy atom. The lowest BCUT2D eigenvalue weighted by Gasteiger charge is -2.35. The van der Waals surface area contributed by atoms with Gasteiger partial charge in [-0.25, -0.2) is 0 Å². The van der Waals surface area contributed by atoms with Gasteiger partial charge in [-0.3, -0.25) is 0 Å². The van der Waals surface area contributed by atoms with Crippen LogP contribution in [0.1, 0.15) is 18.6 Å². The van der Waals surface area contributed by atoms with Crippen molar-refractivity contribution in [2.45, 2.75) is 19.3 Å². The first-order chi connectivity index (χ1) is 6.85. The molecule has 3 heteroatoms. The Morgan fingerprint density at radius 2 is 2.43 bits per heavy atom. The minimum atomic E-state index is 0.107. The van der Waals surface area contributed by atoms with Gasteiger partial charge in [0.2, 0.25) is 0 Å². The maximum Gasteiger partial charge on any atom is 0.104 e. The van der Waals surface area contributed by atoms with Crippen molar-refractivity contribution >= 4 is 0 Å². The van der Waals surface area contributed by atoms with Crippen molar-refractivity contribution in [2.24, 2.45) is 11.1 Å². The van der Waals surface area contributed by atoms with Crippen molar-refractivity contribution in [1.82, 2.24) is 0 Å². The van der Waals surface area contributed by atoms with Gasteiger partial charge in [-0.1, -0.05) is 0 Å². The highest BCUT2D eigenvalue weighted by Crippen LogP contribution is 2.31. The van der Waals surface area contributed by atoms with E-state index in [1.54, 1.807) is 6.26 Å². The Labute approximate surface area is 84.2 Å². The van der Waals surface area contributed by atoms with Crippen LogP contribution >= 0.6 is 0 Å². The van der Waals surface area contributed by atoms with Crippen molar-refractivity contribution in [2.75, 3.05) is 19.8 Å². The standard InChI is InChI=1S/C11H17NO2/c12-8-11(4-2-5-13-9-11)7-10-3-1-6-14-10/h1,3,6H,2,4-5,7-9,12H2. The van der Waals surface area contributed by atoms with E-state index in [1.807, 2.05) is 12.1 Å². The average molecular weight is 195 g/mol. The van der Waals surface area contributed by atoms with E-state index < -0.39 is 0 Å². The lowest BCUT2D eigenvalue weighted by molar-refractivity contribution is -0.00507. The third kappa shape index (κ3) is 1.99. The van der Waals surface area contributed by atoms with E-state index in [4.69, 9.17) is 14.9 Å². The second kappa shape index (κ2) is 4.15. The summed E-state index contributed by atoms with van der Waals surface area (Å²) in [5, 5.41) is 0. The van der Waals surface area contributed by atoms with Gasteiger partial charge in [0.15, 0.2) is 0 Å². The van der Waals surface area contributed by atoms with E-state index in [0.717, 1.165) is 38.2 Å². The first-order valence-corrected chi connectivity index (χ1v) is 5.15. The summed E-state index contributed by atoms with van der Waals surface area (Å²) < 4.78 is 10.9. The first kappa shape index (κ1) is 9.74. The average Bonchev–Trinajstić information content (AvgIpc) is 2.72. The second-order valence-electron chi connectivity index (χ2n) is 4.12. The molecule has 0 amide bonds. The van der Waals surface area contributed by atoms with Gasteiger partial charge in [0.1, 0.15) is 5.76 Å². The molecule has 0 aromatic carbocycles. The van der Waals surface area contributed by atoms with Crippen LogP contribution in [0.4, 0.5) is 0 Å². The molecule has 1 fully saturated rings. The number of furan rings is 1. The Kier molecular flexibility index (Phi) is 2.89. The van der Waals surface area contributed by atoms with Crippen LogP contribution in [-0.4, -0.2) is 19.8 Å². The molecule has 1 saturated heterocycles. The highest BCUT2D eigenvalue weighted by molar-refractivity contribution is 5.03. The van der Waals surface area contributed by atoms with Crippen molar-refractivity contribution in [3.63, 3.8) is 0 Å². The van der Waals surface area contributed by atoms with Gasteiger partial charge in [0, 0.05) is 25.0 Å². The normalized spacial score (nSPS) is 27.8. The Balaban J connectivity index is 2.04. The summed E-state index contributed by atoms with van der Waals surface area (Å²) in [6, 6.07) is 3.93. The molecule has 2 N–H and O–H groups in total. The molecule has 1 aliphatic rings. The minimum absolute atomic E-state index is 0.107. The minimum Gasteiger partial charge on any atom is -0.469 e. The fourth-order valence-electron chi connectivity index (χ4n) is 2.07. The smallest absolute Gasteiger partial charge is 0.104 e. The second-order valence-corrected chi connectivity index (χ2v) is 4.12. The Morgan fingerprint density at radius 3 is 3.00 bits per heavy atom. The summed E-state index contributed by atoms with van der Waals surface area (Å²) in [5.74, 6) is 1.01. The molecule has 2 heterocycles. The molecular weight excluding hydrogens is 178 g/mol. The van der Waals surface area contributed by atoms with Crippen molar-refractivity contribution in [1.29, 1.82) is 0 Å². The summed E-state index contributed by atoms with van der Waals surface area (Å²) >= 11 is 0. The number of hydrogen-bond donors (Lipinski definition) is 1. The van der Waals surface area contributed by atoms with Crippen molar-refractivity contribution < 1.29 is 9.15 Å². The van der Waals surface area contributed by atoms with Gasteiger partial charge in [-0.2, -0.15) is 0 Å². The monoisotopic (exact) mass is 195 g/mol. The van der Waals surface area contributed by atoms with Gasteiger partial charge in [0.25, 0.3) is 0 Å². The lowest BCUT2D eigenvalue weighted by atomic mass is 9.79. The van der Waals surface area contributed by atoms with Crippen LogP contribution in [0.15, 0.2) is 22.8 Å². The van der Waals surface area contributed by atoms with Gasteiger partial charge in [-0.15, -0.1) is 0 Å². The molecule has 1 aliphatic heterocycles. The van der Waals surface area contributed by atoms with E-state index >= 15 is 0 Å². The molecule has 3 nitrogen and oxygen atoms in total. The zero-order valence-corrected chi connectivity index (χ0v) is 8.37. The molecule has 1 unspecified atom stereocenters. The Bertz CT molecular complexity index is 263. The van der Waals surface area contributed by atoms with Crippen LogP contribution < -0.4 is 5.73 Å². The molecule has 2 rings (SSSR count). The molecule has 78 valence electrons. The third-order valence-electron chi connectivity index (χ3n) is 2.97. The van der Waals surface area contributed by atoms with Crippen LogP contribution in [-0.2, 0) is 11.2 Å². The summed E-state index contributed by atoms with van der Waals surface area (Å²) in [6.07, 6.45) is 4.86. The summed E-state index contributed by atoms with van der Waals surface area (Å²) in [7, 11) is 0. The number of rotatable bonds is 3. The molecule has 0 radical (unpaired) electrons. The molecule has 14 heavy (non-hydrogen) atoms. The topological polar surface area (TPSA) is 48.4 Å². The third-order valence-corrected chi connectivity index (χ3v) is 2.97. The van der Waals surface area contributed by atoms with Crippen LogP contribution in [0.2, 0.25) is 0 Å². The highest BCUT2D eigenvalue weighted by atomic mass is 16.5. The molecule has 0 bridgehead atoms. The first-order valence-electron chi connectivity index (χ1n) is 5.15. The van der Waals surface area contributed by atoms with Crippen molar-refractivity contribution in [3.05, 3.63) is 24.2 Å². The fraction of sp³-hybridized carbons (Fsp3) is 0.636. The zero-order chi connectivity index (χ0) is 9.86. The van der Waals surface area contributed by atoms with Gasteiger partial charge >= 0.3 is 0 Å². The maximum atomic E-state index is 5.83. The lowest BCUT2D eigenvalue weighted by Crippen LogP contribution is -2.40. The summed E-state index contributed by atoms with van der Waals surface area (Å²) in [4.78, 5) is 0. The van der Waals surface area contributed by atoms with Crippen LogP contribution in [0, 0.1) is 5.41 Å². The van der Waals surface area contributed by atoms with Crippen LogP contribution in [0.3, 0.4) is 0 Å². The van der Waals surface area contributed by atoms with E-state index in [0.29, 0.717) is 6.54 Å². The summed E-state index contributed by atoms with van der Waals surface area (Å²) in [5.41, 5.74) is 5.94. The number of ether oxygens (including phenoxy) is 1. The molecule has 1 aromatic heterocycles. The Hall–Kier alpha value is -0.800. The highest BCUT2D eigenvalue weighted by Gasteiger charge is 2.32. The number of hydrogen-bond acceptors (Lipinski definition) is 3. The van der Waals surface area contributed by atoms with E-state index in [9.17, 15) is 0 Å². The van der Waals surface area contributed by atoms with E-state index in [1.165, 1.54) is 0 Å². The van der Waals surface area contributed by atoms with Crippen LogP contribution in [0.5, 0.6) is 0 Å². The van der Waals surface area contributed by atoms with Gasteiger partial charge < -0.3 is 14.9 Å². The molecule has 1 aromatic rings.